The fourth-order valence-corrected chi connectivity index (χ4v) is 2.31. The second-order valence-corrected chi connectivity index (χ2v) is 4.75. The minimum Gasteiger partial charge on any atom is -0.450 e. The zero-order chi connectivity index (χ0) is 11.1. The molecule has 1 saturated heterocycles. The molecule has 1 fully saturated rings. The van der Waals surface area contributed by atoms with E-state index in [2.05, 4.69) is 15.9 Å². The number of carbonyl (C=O) groups excluding carboxylic acids is 1. The van der Waals surface area contributed by atoms with Crippen molar-refractivity contribution < 1.29 is 9.53 Å². The standard InChI is InChI=1S/C11H20BrNO2/c1-2-15-11(14)13-8-5-10(6-9-13)4-3-7-12/h10H,2-9H2,1H3. The summed E-state index contributed by atoms with van der Waals surface area (Å²) >= 11 is 3.45. The van der Waals surface area contributed by atoms with Crippen molar-refractivity contribution in [1.29, 1.82) is 0 Å². The molecule has 0 bridgehead atoms. The van der Waals surface area contributed by atoms with E-state index in [0.29, 0.717) is 6.61 Å². The Bertz CT molecular complexity index is 191. The average molecular weight is 278 g/mol. The van der Waals surface area contributed by atoms with Crippen molar-refractivity contribution in [2.24, 2.45) is 5.92 Å². The van der Waals surface area contributed by atoms with E-state index in [-0.39, 0.29) is 6.09 Å². The summed E-state index contributed by atoms with van der Waals surface area (Å²) in [6.07, 6.45) is 4.64. The number of piperidine rings is 1. The normalized spacial score (nSPS) is 17.9. The van der Waals surface area contributed by atoms with Crippen LogP contribution in [0.5, 0.6) is 0 Å². The first kappa shape index (κ1) is 12.8. The van der Waals surface area contributed by atoms with E-state index in [1.807, 2.05) is 11.8 Å². The molecular weight excluding hydrogens is 258 g/mol. The first-order valence-electron chi connectivity index (χ1n) is 5.75. The maximum absolute atomic E-state index is 11.4. The van der Waals surface area contributed by atoms with Gasteiger partial charge < -0.3 is 9.64 Å². The molecule has 0 aliphatic carbocycles. The van der Waals surface area contributed by atoms with Gasteiger partial charge in [-0.1, -0.05) is 15.9 Å². The Labute approximate surface area is 100 Å². The predicted molar refractivity (Wildman–Crippen MR) is 64.3 cm³/mol. The second-order valence-electron chi connectivity index (χ2n) is 3.96. The van der Waals surface area contributed by atoms with Crippen LogP contribution in [0.1, 0.15) is 32.6 Å². The third-order valence-electron chi connectivity index (χ3n) is 2.89. The lowest BCUT2D eigenvalue weighted by atomic mass is 9.93. The van der Waals surface area contributed by atoms with Crippen molar-refractivity contribution in [2.45, 2.75) is 32.6 Å². The molecule has 3 nitrogen and oxygen atoms in total. The summed E-state index contributed by atoms with van der Waals surface area (Å²) < 4.78 is 4.98. The van der Waals surface area contributed by atoms with Crippen molar-refractivity contribution >= 4 is 22.0 Å². The maximum Gasteiger partial charge on any atom is 0.409 e. The topological polar surface area (TPSA) is 29.5 Å². The summed E-state index contributed by atoms with van der Waals surface area (Å²) in [5.41, 5.74) is 0. The first-order valence-corrected chi connectivity index (χ1v) is 6.87. The van der Waals surface area contributed by atoms with Crippen molar-refractivity contribution in [3.8, 4) is 0 Å². The fraction of sp³-hybridized carbons (Fsp3) is 0.909. The van der Waals surface area contributed by atoms with Crippen LogP contribution in [0.2, 0.25) is 0 Å². The molecule has 1 aliphatic rings. The van der Waals surface area contributed by atoms with Gasteiger partial charge in [-0.05, 0) is 38.5 Å². The van der Waals surface area contributed by atoms with Crippen LogP contribution in [0.4, 0.5) is 4.79 Å². The van der Waals surface area contributed by atoms with Crippen LogP contribution in [-0.2, 0) is 4.74 Å². The molecule has 0 aromatic rings. The number of hydrogen-bond donors (Lipinski definition) is 0. The van der Waals surface area contributed by atoms with Crippen molar-refractivity contribution in [2.75, 3.05) is 25.0 Å². The molecular formula is C11H20BrNO2. The van der Waals surface area contributed by atoms with Crippen LogP contribution in [0, 0.1) is 5.92 Å². The molecule has 1 aliphatic heterocycles. The Morgan fingerprint density at radius 1 is 1.47 bits per heavy atom. The number of halogens is 1. The van der Waals surface area contributed by atoms with Gasteiger partial charge in [0.2, 0.25) is 0 Å². The number of ether oxygens (including phenoxy) is 1. The summed E-state index contributed by atoms with van der Waals surface area (Å²) in [5, 5.41) is 1.09. The lowest BCUT2D eigenvalue weighted by molar-refractivity contribution is 0.0909. The van der Waals surface area contributed by atoms with E-state index >= 15 is 0 Å². The monoisotopic (exact) mass is 277 g/mol. The van der Waals surface area contributed by atoms with Gasteiger partial charge in [0.25, 0.3) is 0 Å². The fourth-order valence-electron chi connectivity index (χ4n) is 1.98. The number of likely N-dealkylation sites (tertiary alicyclic amines) is 1. The van der Waals surface area contributed by atoms with E-state index in [9.17, 15) is 4.79 Å². The van der Waals surface area contributed by atoms with Crippen LogP contribution in [-0.4, -0.2) is 36.0 Å². The van der Waals surface area contributed by atoms with E-state index in [1.165, 1.54) is 12.8 Å². The Balaban J connectivity index is 2.20. The minimum absolute atomic E-state index is 0.142. The van der Waals surface area contributed by atoms with E-state index < -0.39 is 0 Å². The van der Waals surface area contributed by atoms with E-state index in [4.69, 9.17) is 4.74 Å². The number of nitrogens with zero attached hydrogens (tertiary/aromatic N) is 1. The third kappa shape index (κ3) is 4.41. The number of alkyl halides is 1. The lowest BCUT2D eigenvalue weighted by Gasteiger charge is -2.31. The maximum atomic E-state index is 11.4. The average Bonchev–Trinajstić information content (AvgIpc) is 2.27. The number of amides is 1. The number of rotatable bonds is 4. The zero-order valence-electron chi connectivity index (χ0n) is 9.38. The van der Waals surface area contributed by atoms with Gasteiger partial charge in [0.05, 0.1) is 6.61 Å². The zero-order valence-corrected chi connectivity index (χ0v) is 11.0. The molecule has 1 amide bonds. The van der Waals surface area contributed by atoms with Crippen LogP contribution < -0.4 is 0 Å². The van der Waals surface area contributed by atoms with Crippen LogP contribution in [0.25, 0.3) is 0 Å². The Hall–Kier alpha value is -0.250. The van der Waals surface area contributed by atoms with Gasteiger partial charge in [-0.25, -0.2) is 4.79 Å². The van der Waals surface area contributed by atoms with Gasteiger partial charge in [-0.3, -0.25) is 0 Å². The van der Waals surface area contributed by atoms with E-state index in [0.717, 1.165) is 37.2 Å². The summed E-state index contributed by atoms with van der Waals surface area (Å²) in [6, 6.07) is 0. The van der Waals surface area contributed by atoms with Crippen molar-refractivity contribution in [1.82, 2.24) is 4.90 Å². The van der Waals surface area contributed by atoms with Crippen LogP contribution in [0.3, 0.4) is 0 Å². The van der Waals surface area contributed by atoms with Gasteiger partial charge in [0.1, 0.15) is 0 Å². The molecule has 1 rings (SSSR count). The van der Waals surface area contributed by atoms with Crippen molar-refractivity contribution in [3.63, 3.8) is 0 Å². The minimum atomic E-state index is -0.142. The van der Waals surface area contributed by atoms with Gasteiger partial charge >= 0.3 is 6.09 Å². The molecule has 88 valence electrons. The highest BCUT2D eigenvalue weighted by Gasteiger charge is 2.22. The SMILES string of the molecule is CCOC(=O)N1CCC(CCCBr)CC1. The molecule has 4 heteroatoms. The smallest absolute Gasteiger partial charge is 0.409 e. The van der Waals surface area contributed by atoms with E-state index in [1.54, 1.807) is 0 Å². The van der Waals surface area contributed by atoms with Gasteiger partial charge in [0, 0.05) is 18.4 Å². The lowest BCUT2D eigenvalue weighted by Crippen LogP contribution is -2.38. The van der Waals surface area contributed by atoms with Gasteiger partial charge in [-0.15, -0.1) is 0 Å². The summed E-state index contributed by atoms with van der Waals surface area (Å²) in [6.45, 7) is 4.06. The molecule has 0 N–H and O–H groups in total. The summed E-state index contributed by atoms with van der Waals surface area (Å²) in [4.78, 5) is 13.2. The highest BCUT2D eigenvalue weighted by Crippen LogP contribution is 2.22. The van der Waals surface area contributed by atoms with Gasteiger partial charge in [0.15, 0.2) is 0 Å². The second kappa shape index (κ2) is 7.09. The summed E-state index contributed by atoms with van der Waals surface area (Å²) in [7, 11) is 0. The molecule has 1 heterocycles. The predicted octanol–water partition coefficient (Wildman–Crippen LogP) is 3.03. The Kier molecular flexibility index (Phi) is 6.06. The number of hydrogen-bond acceptors (Lipinski definition) is 2. The Morgan fingerprint density at radius 2 is 2.13 bits per heavy atom. The van der Waals surface area contributed by atoms with Crippen LogP contribution >= 0.6 is 15.9 Å². The molecule has 0 unspecified atom stereocenters. The van der Waals surface area contributed by atoms with Crippen LogP contribution in [0.15, 0.2) is 0 Å². The largest absolute Gasteiger partial charge is 0.450 e. The highest BCUT2D eigenvalue weighted by molar-refractivity contribution is 9.09. The molecule has 0 aromatic carbocycles. The highest BCUT2D eigenvalue weighted by atomic mass is 79.9. The number of carbonyl (C=O) groups is 1. The molecule has 0 spiro atoms. The Morgan fingerprint density at radius 3 is 2.67 bits per heavy atom. The first-order chi connectivity index (χ1) is 7.27. The molecule has 0 aromatic heterocycles. The summed E-state index contributed by atoms with van der Waals surface area (Å²) in [5.74, 6) is 0.799. The third-order valence-corrected chi connectivity index (χ3v) is 3.45. The quantitative estimate of drug-likeness (QED) is 0.740. The molecule has 15 heavy (non-hydrogen) atoms. The molecule has 0 atom stereocenters. The molecule has 0 radical (unpaired) electrons. The van der Waals surface area contributed by atoms with Gasteiger partial charge in [-0.2, -0.15) is 0 Å². The van der Waals surface area contributed by atoms with Crippen molar-refractivity contribution in [3.05, 3.63) is 0 Å². The molecule has 0 saturated carbocycles.